The van der Waals surface area contributed by atoms with Gasteiger partial charge in [-0.1, -0.05) is 6.42 Å². The lowest BCUT2D eigenvalue weighted by Crippen LogP contribution is -2.06. The fraction of sp³-hybridized carbons (Fsp3) is 0.545. The average molecular weight is 226 g/mol. The highest BCUT2D eigenvalue weighted by molar-refractivity contribution is 7.91. The number of hydrogen-bond acceptors (Lipinski definition) is 2. The van der Waals surface area contributed by atoms with Gasteiger partial charge in [0.25, 0.3) is 0 Å². The molecule has 1 rings (SSSR count). The molecule has 4 heteroatoms. The van der Waals surface area contributed by atoms with Gasteiger partial charge in [-0.2, -0.15) is 0 Å². The molecule has 83 valence electrons. The Morgan fingerprint density at radius 1 is 1.13 bits per heavy atom. The van der Waals surface area contributed by atoms with Gasteiger partial charge in [-0.3, -0.25) is 4.98 Å². The number of nitrogens with zero attached hydrogens (tertiary/aromatic N) is 1. The van der Waals surface area contributed by atoms with Gasteiger partial charge >= 0.3 is 0 Å². The minimum atomic E-state index is -0.907. The summed E-state index contributed by atoms with van der Waals surface area (Å²) >= 11 is -0.907. The Hall–Kier alpha value is -0.580. The van der Waals surface area contributed by atoms with Crippen LogP contribution in [0, 0.1) is 0 Å². The van der Waals surface area contributed by atoms with Crippen molar-refractivity contribution in [3.63, 3.8) is 0 Å². The van der Waals surface area contributed by atoms with Crippen molar-refractivity contribution in [2.24, 2.45) is 0 Å². The van der Waals surface area contributed by atoms with E-state index in [9.17, 15) is 9.66 Å². The normalized spacial score (nSPS) is 12.7. The predicted molar refractivity (Wildman–Crippen MR) is 59.5 cm³/mol. The first-order valence-electron chi connectivity index (χ1n) is 5.21. The van der Waals surface area contributed by atoms with Crippen LogP contribution in [0.4, 0.5) is 0 Å². The first kappa shape index (κ1) is 12.5. The summed E-state index contributed by atoms with van der Waals surface area (Å²) in [5, 5.41) is 10.2. The van der Waals surface area contributed by atoms with Gasteiger partial charge in [0.1, 0.15) is 5.75 Å². The monoisotopic (exact) mass is 226 g/mol. The van der Waals surface area contributed by atoms with Crippen molar-refractivity contribution < 1.29 is 9.66 Å². The lowest BCUT2D eigenvalue weighted by molar-refractivity contribution is 0.186. The Kier molecular flexibility index (Phi) is 6.39. The van der Waals surface area contributed by atoms with Gasteiger partial charge in [0.05, 0.1) is 6.61 Å². The highest BCUT2D eigenvalue weighted by Crippen LogP contribution is 2.12. The molecule has 1 atom stereocenters. The molecule has 0 fully saturated rings. The van der Waals surface area contributed by atoms with Gasteiger partial charge in [0, 0.05) is 24.5 Å². The van der Waals surface area contributed by atoms with Gasteiger partial charge in [-0.05, 0) is 30.4 Å². The zero-order valence-electron chi connectivity index (χ0n) is 8.72. The van der Waals surface area contributed by atoms with E-state index in [4.69, 9.17) is 0 Å². The lowest BCUT2D eigenvalue weighted by Gasteiger charge is -2.09. The number of unbranched alkanes of at least 4 members (excludes halogenated alkanes) is 3. The molecular weight excluding hydrogens is 210 g/mol. The van der Waals surface area contributed by atoms with E-state index in [1.807, 2.05) is 0 Å². The fourth-order valence-corrected chi connectivity index (χ4v) is 2.42. The summed E-state index contributed by atoms with van der Waals surface area (Å²) in [4.78, 5) is 4.72. The molecule has 1 radical (unpaired) electrons. The molecule has 0 aliphatic carbocycles. The van der Waals surface area contributed by atoms with Gasteiger partial charge < -0.3 is 4.55 Å². The molecule has 0 amide bonds. The van der Waals surface area contributed by atoms with Crippen molar-refractivity contribution in [1.82, 2.24) is 4.98 Å². The Labute approximate surface area is 93.7 Å². The molecule has 0 aliphatic heterocycles. The molecule has 1 unspecified atom stereocenters. The molecule has 0 spiro atoms. The Balaban J connectivity index is 2.16. The molecule has 1 aromatic heterocycles. The van der Waals surface area contributed by atoms with E-state index in [1.165, 1.54) is 0 Å². The molecule has 1 heterocycles. The summed E-state index contributed by atoms with van der Waals surface area (Å²) in [5.74, 6) is 0.683. The number of aromatic nitrogens is 1. The highest BCUT2D eigenvalue weighted by Gasteiger charge is 2.08. The first-order chi connectivity index (χ1) is 7.34. The SMILES string of the molecule is [O]CCCCCC[S+]([O-])c1ccncc1. The first-order valence-corrected chi connectivity index (χ1v) is 6.53. The molecule has 3 nitrogen and oxygen atoms in total. The molecule has 1 aromatic rings. The van der Waals surface area contributed by atoms with Crippen LogP contribution in [0.15, 0.2) is 29.4 Å². The van der Waals surface area contributed by atoms with Crippen LogP contribution in [-0.2, 0) is 16.3 Å². The molecule has 0 aliphatic rings. The third-order valence-corrected chi connectivity index (χ3v) is 3.59. The molecule has 0 bridgehead atoms. The molecule has 0 N–H and O–H groups in total. The summed E-state index contributed by atoms with van der Waals surface area (Å²) in [6.07, 6.45) is 6.93. The van der Waals surface area contributed by atoms with Gasteiger partial charge in [0.15, 0.2) is 4.90 Å². The van der Waals surface area contributed by atoms with Crippen LogP contribution in [0.3, 0.4) is 0 Å². The van der Waals surface area contributed by atoms with E-state index in [-0.39, 0.29) is 6.61 Å². The van der Waals surface area contributed by atoms with E-state index in [1.54, 1.807) is 24.5 Å². The third kappa shape index (κ3) is 5.16. The summed E-state index contributed by atoms with van der Waals surface area (Å²) in [5.41, 5.74) is 0. The number of pyridine rings is 1. The Morgan fingerprint density at radius 2 is 1.80 bits per heavy atom. The molecular formula is C11H16NO2S. The minimum absolute atomic E-state index is 0.00738. The zero-order valence-corrected chi connectivity index (χ0v) is 9.54. The fourth-order valence-electron chi connectivity index (χ4n) is 1.30. The smallest absolute Gasteiger partial charge is 0.155 e. The Bertz CT molecular complexity index is 256. The minimum Gasteiger partial charge on any atom is -0.611 e. The second kappa shape index (κ2) is 7.68. The quantitative estimate of drug-likeness (QED) is 0.528. The predicted octanol–water partition coefficient (Wildman–Crippen LogP) is 2.18. The molecule has 0 saturated carbocycles. The van der Waals surface area contributed by atoms with Crippen molar-refractivity contribution in [3.05, 3.63) is 24.5 Å². The maximum atomic E-state index is 11.7. The topological polar surface area (TPSA) is 55.8 Å². The lowest BCUT2D eigenvalue weighted by atomic mass is 10.2. The molecule has 15 heavy (non-hydrogen) atoms. The summed E-state index contributed by atoms with van der Waals surface area (Å²) in [7, 11) is 0. The van der Waals surface area contributed by atoms with Gasteiger partial charge in [-0.25, -0.2) is 5.11 Å². The molecule has 0 saturated heterocycles. The number of hydrogen-bond donors (Lipinski definition) is 0. The van der Waals surface area contributed by atoms with Crippen molar-refractivity contribution in [1.29, 1.82) is 0 Å². The third-order valence-electron chi connectivity index (χ3n) is 2.14. The summed E-state index contributed by atoms with van der Waals surface area (Å²) < 4.78 is 11.7. The van der Waals surface area contributed by atoms with E-state index < -0.39 is 11.2 Å². The summed E-state index contributed by atoms with van der Waals surface area (Å²) in [6.45, 7) is 0.00738. The maximum absolute atomic E-state index is 11.7. The largest absolute Gasteiger partial charge is 0.611 e. The van der Waals surface area contributed by atoms with Crippen LogP contribution in [0.1, 0.15) is 25.7 Å². The zero-order chi connectivity index (χ0) is 10.9. The maximum Gasteiger partial charge on any atom is 0.155 e. The van der Waals surface area contributed by atoms with Crippen LogP contribution in [0.2, 0.25) is 0 Å². The second-order valence-electron chi connectivity index (χ2n) is 3.35. The van der Waals surface area contributed by atoms with Crippen molar-refractivity contribution in [2.45, 2.75) is 30.6 Å². The van der Waals surface area contributed by atoms with Crippen LogP contribution in [0.25, 0.3) is 0 Å². The van der Waals surface area contributed by atoms with Crippen LogP contribution in [-0.4, -0.2) is 21.9 Å². The molecule has 0 aromatic carbocycles. The summed E-state index contributed by atoms with van der Waals surface area (Å²) in [6, 6.07) is 3.57. The second-order valence-corrected chi connectivity index (χ2v) is 4.92. The average Bonchev–Trinajstić information content (AvgIpc) is 2.30. The van der Waals surface area contributed by atoms with E-state index in [0.717, 1.165) is 30.6 Å². The van der Waals surface area contributed by atoms with E-state index in [0.29, 0.717) is 5.75 Å². The van der Waals surface area contributed by atoms with Gasteiger partial charge in [0.2, 0.25) is 0 Å². The van der Waals surface area contributed by atoms with Crippen molar-refractivity contribution in [2.75, 3.05) is 12.4 Å². The van der Waals surface area contributed by atoms with Crippen molar-refractivity contribution >= 4 is 11.2 Å². The highest BCUT2D eigenvalue weighted by atomic mass is 32.2. The van der Waals surface area contributed by atoms with Crippen LogP contribution >= 0.6 is 0 Å². The van der Waals surface area contributed by atoms with E-state index >= 15 is 0 Å². The van der Waals surface area contributed by atoms with Crippen LogP contribution < -0.4 is 0 Å². The van der Waals surface area contributed by atoms with Gasteiger partial charge in [-0.15, -0.1) is 0 Å². The number of rotatable bonds is 7. The van der Waals surface area contributed by atoms with Crippen LogP contribution in [0.5, 0.6) is 0 Å². The van der Waals surface area contributed by atoms with E-state index in [2.05, 4.69) is 4.98 Å². The van der Waals surface area contributed by atoms with Crippen molar-refractivity contribution in [3.8, 4) is 0 Å². The Morgan fingerprint density at radius 3 is 2.47 bits per heavy atom. The standard InChI is InChI=1S/C11H16NO2S/c13-9-3-1-2-4-10-15(14)11-5-7-12-8-6-11/h5-8H,1-4,9-10H2.